The second kappa shape index (κ2) is 19.7. The van der Waals surface area contributed by atoms with E-state index in [0.29, 0.717) is 46.0 Å². The van der Waals surface area contributed by atoms with Crippen molar-refractivity contribution >= 4 is 118 Å². The first kappa shape index (κ1) is 46.3. The largest absolute Gasteiger partial charge is 0.435 e. The number of nitrogens with zero attached hydrogens (tertiary/aromatic N) is 15. The van der Waals surface area contributed by atoms with Crippen LogP contribution in [0.5, 0.6) is 0 Å². The minimum atomic E-state index is -2.35. The van der Waals surface area contributed by atoms with E-state index in [2.05, 4.69) is 119 Å². The number of fused-ring (bicyclic) bond motifs is 12. The van der Waals surface area contributed by atoms with E-state index < -0.39 is 25.2 Å². The molecule has 82 heavy (non-hydrogen) atoms. The molecule has 0 bridgehead atoms. The lowest BCUT2D eigenvalue weighted by Gasteiger charge is -2.32. The summed E-state index contributed by atoms with van der Waals surface area (Å²) in [5.41, 5.74) is 12.5. The molecule has 0 N–H and O–H groups in total. The lowest BCUT2D eigenvalue weighted by molar-refractivity contribution is 0.597. The van der Waals surface area contributed by atoms with Crippen molar-refractivity contribution < 1.29 is 20.1 Å². The highest BCUT2D eigenvalue weighted by molar-refractivity contribution is 6.12. The second-order valence-electron chi connectivity index (χ2n) is 21.7. The first-order valence-corrected chi connectivity index (χ1v) is 27.4. The summed E-state index contributed by atoms with van der Waals surface area (Å²) < 4.78 is 60.1. The first-order chi connectivity index (χ1) is 41.3. The molecule has 3 aromatic carbocycles. The number of aromatic nitrogens is 9. The zero-order valence-electron chi connectivity index (χ0n) is 53.1. The van der Waals surface area contributed by atoms with E-state index in [-0.39, 0.29) is 12.3 Å². The highest BCUT2D eigenvalue weighted by atomic mass is 16.3. The predicted molar refractivity (Wildman–Crippen MR) is 327 cm³/mol. The molecule has 3 aliphatic heterocycles. The molecule has 414 valence electrons. The zero-order valence-corrected chi connectivity index (χ0v) is 48.1. The Hall–Kier alpha value is -9.45. The number of benzene rings is 3. The Bertz CT molecular complexity index is 4260. The monoisotopic (exact) mass is 1100 g/mol. The lowest BCUT2D eigenvalue weighted by atomic mass is 10.1. The molecule has 15 rings (SSSR count). The molecule has 12 aromatic rings. The Morgan fingerprint density at radius 1 is 0.390 bits per heavy atom. The van der Waals surface area contributed by atoms with Gasteiger partial charge < -0.3 is 28.0 Å². The number of hydrogen-bond donors (Lipinski definition) is 0. The molecule has 0 aliphatic carbocycles. The van der Waals surface area contributed by atoms with Crippen LogP contribution in [-0.4, -0.2) is 82.4 Å². The van der Waals surface area contributed by atoms with Gasteiger partial charge in [0.2, 0.25) is 17.1 Å². The van der Waals surface area contributed by atoms with Gasteiger partial charge in [0, 0.05) is 110 Å². The van der Waals surface area contributed by atoms with Crippen molar-refractivity contribution in [2.24, 2.45) is 0 Å². The molecule has 3 aliphatic rings. The molecule has 0 radical (unpaired) electrons. The van der Waals surface area contributed by atoms with Crippen molar-refractivity contribution in [3.8, 4) is 0 Å². The van der Waals surface area contributed by atoms with Gasteiger partial charge in [-0.2, -0.15) is 0 Å². The van der Waals surface area contributed by atoms with Crippen molar-refractivity contribution in [1.29, 1.82) is 0 Å². The van der Waals surface area contributed by atoms with Crippen LogP contribution >= 0.6 is 0 Å². The van der Waals surface area contributed by atoms with Crippen LogP contribution in [0.25, 0.3) is 66.2 Å². The van der Waals surface area contributed by atoms with Gasteiger partial charge in [0.25, 0.3) is 0 Å². The van der Waals surface area contributed by atoms with Gasteiger partial charge in [0.1, 0.15) is 18.5 Å². The highest BCUT2D eigenvalue weighted by Crippen LogP contribution is 2.50. The van der Waals surface area contributed by atoms with Crippen molar-refractivity contribution in [1.82, 2.24) is 44.9 Å². The number of anilines is 9. The topological polar surface area (TPSA) is 175 Å². The summed E-state index contributed by atoms with van der Waals surface area (Å²) in [5.74, 6) is 3.72. The van der Waals surface area contributed by atoms with Gasteiger partial charge in [-0.15, -0.1) is 0 Å². The van der Waals surface area contributed by atoms with Crippen molar-refractivity contribution in [2.45, 2.75) is 121 Å². The Morgan fingerprint density at radius 2 is 0.683 bits per heavy atom. The van der Waals surface area contributed by atoms with E-state index >= 15 is 0 Å². The van der Waals surface area contributed by atoms with Crippen LogP contribution in [0.1, 0.15) is 89.1 Å². The van der Waals surface area contributed by atoms with Gasteiger partial charge in [-0.3, -0.25) is 14.7 Å². The number of rotatable bonds is 5. The van der Waals surface area contributed by atoms with Crippen LogP contribution in [0.15, 0.2) is 123 Å². The van der Waals surface area contributed by atoms with Crippen LogP contribution < -0.4 is 29.4 Å². The molecule has 3 unspecified atom stereocenters. The van der Waals surface area contributed by atoms with Crippen LogP contribution in [0.2, 0.25) is 0 Å². The van der Waals surface area contributed by atoms with Crippen LogP contribution in [0, 0.1) is 41.5 Å². The molecule has 0 spiro atoms. The molecular weight excluding hydrogens is 1030 g/mol. The smallest absolute Gasteiger partial charge is 0.227 e. The molecule has 0 fully saturated rings. The highest BCUT2D eigenvalue weighted by Gasteiger charge is 2.42. The summed E-state index contributed by atoms with van der Waals surface area (Å²) in [6.45, 7) is 23.0. The standard InChI is InChI=1S/2C22H23N5O.C20H19N5O/c2*1-12(2)26-15(5)27(21-20(26)23-10-11-24-21)18-13(3)6-8-16-17-9-7-14(4)25-22(17)28-19(16)18;1-11-5-7-14-15-8-6-12(2)23-20(15)26-17(14)16(11)25-13(3)24(4)18-19(25)22-10-9-21-18/h2*6-12,15H,1-5H3;5-10,13H,1-4H3/i2*12D;4D3. The molecule has 0 saturated heterocycles. The summed E-state index contributed by atoms with van der Waals surface area (Å²) in [5, 5.41) is 5.89. The van der Waals surface area contributed by atoms with Crippen LogP contribution in [0.3, 0.4) is 0 Å². The Morgan fingerprint density at radius 3 is 1.01 bits per heavy atom. The number of furan rings is 3. The van der Waals surface area contributed by atoms with Gasteiger partial charge in [-0.05, 0) is 143 Å². The summed E-state index contributed by atoms with van der Waals surface area (Å²) in [6.07, 6.45) is 9.00. The fraction of sp³-hybridized carbons (Fsp3) is 0.297. The number of hydrogen-bond acceptors (Lipinski definition) is 18. The van der Waals surface area contributed by atoms with Crippen molar-refractivity contribution in [2.75, 3.05) is 36.4 Å². The van der Waals surface area contributed by atoms with E-state index in [1.165, 1.54) is 11.1 Å². The van der Waals surface area contributed by atoms with E-state index in [0.717, 1.165) is 106 Å². The average molecular weight is 1100 g/mol. The summed E-state index contributed by atoms with van der Waals surface area (Å²) >= 11 is 0. The Balaban J connectivity index is 0.000000121. The summed E-state index contributed by atoms with van der Waals surface area (Å²) in [7, 11) is 0. The van der Waals surface area contributed by atoms with E-state index in [4.69, 9.17) is 20.1 Å². The minimum Gasteiger partial charge on any atom is -0.435 e. The molecule has 18 heteroatoms. The van der Waals surface area contributed by atoms with Gasteiger partial charge >= 0.3 is 0 Å². The van der Waals surface area contributed by atoms with Gasteiger partial charge in [-0.1, -0.05) is 36.4 Å². The van der Waals surface area contributed by atoms with Gasteiger partial charge in [0.05, 0.1) is 19.8 Å². The van der Waals surface area contributed by atoms with Gasteiger partial charge in [-0.25, -0.2) is 44.9 Å². The first-order valence-electron chi connectivity index (χ1n) is 29.9. The van der Waals surface area contributed by atoms with Gasteiger partial charge in [0.15, 0.2) is 51.7 Å². The molecule has 3 atom stereocenters. The normalized spacial score (nSPS) is 17.9. The minimum absolute atomic E-state index is 0.146. The third-order valence-electron chi connectivity index (χ3n) is 15.7. The Kier molecular flexibility index (Phi) is 11.1. The molecule has 0 saturated carbocycles. The lowest BCUT2D eigenvalue weighted by Crippen LogP contribution is -2.42. The quantitative estimate of drug-likeness (QED) is 0.159. The van der Waals surface area contributed by atoms with Crippen LogP contribution in [-0.2, 0) is 0 Å². The molecule has 18 nitrogen and oxygen atoms in total. The van der Waals surface area contributed by atoms with Crippen molar-refractivity contribution in [3.05, 3.63) is 144 Å². The summed E-state index contributed by atoms with van der Waals surface area (Å²) in [4.78, 5) is 52.2. The van der Waals surface area contributed by atoms with E-state index in [1.807, 2.05) is 113 Å². The maximum absolute atomic E-state index is 8.67. The molecule has 12 heterocycles. The fourth-order valence-corrected chi connectivity index (χ4v) is 12.0. The maximum Gasteiger partial charge on any atom is 0.227 e. The molecule has 0 amide bonds. The SMILES string of the molecule is [2H]C(C)(C)N1c2nccnc2N(c2c(C)ccc3c2oc2nc(C)ccc23)C1C.[2H]C(C)(C)N1c2nccnc2N(c2c(C)ccc3c2oc2nc(C)ccc23)C1C.[2H]C([2H])([2H])N1c2nccnc2N(c2c(C)ccc3c2oc2nc(C)ccc23)C1C. The second-order valence-corrected chi connectivity index (χ2v) is 21.7. The zero-order chi connectivity index (χ0) is 61.5. The molecular formula is C64H65N15O3. The fourth-order valence-electron chi connectivity index (χ4n) is 12.0. The molecule has 9 aromatic heterocycles. The van der Waals surface area contributed by atoms with E-state index in [9.17, 15) is 0 Å². The number of aryl methyl sites for hydroxylation is 6. The Labute approximate surface area is 482 Å². The van der Waals surface area contributed by atoms with E-state index in [1.54, 1.807) is 31.0 Å². The predicted octanol–water partition coefficient (Wildman–Crippen LogP) is 14.5. The van der Waals surface area contributed by atoms with Crippen LogP contribution in [0.4, 0.5) is 52.0 Å². The summed E-state index contributed by atoms with van der Waals surface area (Å²) in [6, 6.07) is 22.7. The third kappa shape index (κ3) is 8.08. The van der Waals surface area contributed by atoms with Crippen molar-refractivity contribution in [3.63, 3.8) is 0 Å². The average Bonchev–Trinajstić information content (AvgIpc) is 1.63. The maximum atomic E-state index is 8.67. The number of pyridine rings is 3. The third-order valence-corrected chi connectivity index (χ3v) is 15.7.